The van der Waals surface area contributed by atoms with E-state index in [1.807, 2.05) is 12.1 Å². The number of nitrogens with zero attached hydrogens (tertiary/aromatic N) is 3. The molecule has 6 heteroatoms. The van der Waals surface area contributed by atoms with E-state index in [4.69, 9.17) is 12.2 Å². The minimum Gasteiger partial charge on any atom is -0.360 e. The largest absolute Gasteiger partial charge is 0.360 e. The summed E-state index contributed by atoms with van der Waals surface area (Å²) in [5.74, 6) is 0.114. The normalized spacial score (nSPS) is 15.4. The third kappa shape index (κ3) is 3.87. The van der Waals surface area contributed by atoms with Crippen LogP contribution < -0.4 is 9.80 Å². The van der Waals surface area contributed by atoms with Gasteiger partial charge in [0.2, 0.25) is 0 Å². The van der Waals surface area contributed by atoms with Crippen LogP contribution in [0.2, 0.25) is 0 Å². The maximum atomic E-state index is 11.5. The summed E-state index contributed by atoms with van der Waals surface area (Å²) < 4.78 is 5.48. The van der Waals surface area contributed by atoms with Gasteiger partial charge in [-0.3, -0.25) is 9.36 Å². The highest BCUT2D eigenvalue weighted by Crippen LogP contribution is 2.21. The number of imidazole rings is 1. The van der Waals surface area contributed by atoms with Crippen molar-refractivity contribution < 1.29 is 9.69 Å². The number of anilines is 1. The fraction of sp³-hybridized carbons (Fsp3) is 0.391. The van der Waals surface area contributed by atoms with E-state index in [1.165, 1.54) is 16.7 Å². The van der Waals surface area contributed by atoms with Gasteiger partial charge in [-0.2, -0.15) is 0 Å². The smallest absolute Gasteiger partial charge is 0.185 e. The molecule has 2 aromatic carbocycles. The zero-order valence-corrected chi connectivity index (χ0v) is 18.2. The standard InChI is InChI=1S/C23H28N4OS/c1-17(2)27-22-7-5-4-6-21(22)26(23(27)29)16-24-12-14-25(15-13-24)20-10-8-19(9-11-20)18(3)28/h4-11,17H,12-16H2,1-3H3/p+1. The number of ketones is 1. The maximum absolute atomic E-state index is 11.5. The third-order valence-corrected chi connectivity index (χ3v) is 6.29. The fourth-order valence-corrected chi connectivity index (χ4v) is 4.73. The Balaban J connectivity index is 1.48. The number of quaternary nitrogens is 1. The molecule has 29 heavy (non-hydrogen) atoms. The van der Waals surface area contributed by atoms with E-state index in [2.05, 4.69) is 64.3 Å². The molecule has 0 radical (unpaired) electrons. The first kappa shape index (κ1) is 19.9. The van der Waals surface area contributed by atoms with E-state index < -0.39 is 0 Å². The van der Waals surface area contributed by atoms with Crippen LogP contribution >= 0.6 is 12.2 Å². The molecule has 2 heterocycles. The van der Waals surface area contributed by atoms with Crippen molar-refractivity contribution in [3.8, 4) is 0 Å². The van der Waals surface area contributed by atoms with Crippen LogP contribution in [-0.2, 0) is 6.67 Å². The Morgan fingerprint density at radius 1 is 1.03 bits per heavy atom. The SMILES string of the molecule is CC(=O)c1ccc(N2CC[NH+](Cn3c(=S)n(C(C)C)c4ccccc43)CC2)cc1. The molecular formula is C23H29N4OS+. The van der Waals surface area contributed by atoms with Crippen LogP contribution in [0, 0.1) is 4.77 Å². The Hall–Kier alpha value is -2.44. The zero-order chi connectivity index (χ0) is 20.5. The molecule has 0 atom stereocenters. The van der Waals surface area contributed by atoms with Crippen molar-refractivity contribution in [3.63, 3.8) is 0 Å². The van der Waals surface area contributed by atoms with Crippen molar-refractivity contribution in [2.24, 2.45) is 0 Å². The number of aromatic nitrogens is 2. The first-order valence-corrected chi connectivity index (χ1v) is 10.8. The summed E-state index contributed by atoms with van der Waals surface area (Å²) in [4.78, 5) is 15.4. The van der Waals surface area contributed by atoms with Gasteiger partial charge in [0.1, 0.15) is 0 Å². The lowest BCUT2D eigenvalue weighted by Crippen LogP contribution is -3.14. The molecule has 1 saturated heterocycles. The molecule has 3 aromatic rings. The van der Waals surface area contributed by atoms with E-state index in [9.17, 15) is 4.79 Å². The van der Waals surface area contributed by atoms with Crippen molar-refractivity contribution in [3.05, 3.63) is 58.9 Å². The van der Waals surface area contributed by atoms with Crippen molar-refractivity contribution in [2.75, 3.05) is 31.1 Å². The number of para-hydroxylation sites is 2. The van der Waals surface area contributed by atoms with Crippen molar-refractivity contribution >= 4 is 34.7 Å². The summed E-state index contributed by atoms with van der Waals surface area (Å²) >= 11 is 5.85. The highest BCUT2D eigenvalue weighted by molar-refractivity contribution is 7.71. The molecular weight excluding hydrogens is 380 g/mol. The second-order valence-electron chi connectivity index (χ2n) is 8.16. The quantitative estimate of drug-likeness (QED) is 0.519. The minimum absolute atomic E-state index is 0.114. The summed E-state index contributed by atoms with van der Waals surface area (Å²) in [7, 11) is 0. The van der Waals surface area contributed by atoms with Gasteiger partial charge in [-0.25, -0.2) is 0 Å². The van der Waals surface area contributed by atoms with Crippen molar-refractivity contribution in [1.82, 2.24) is 9.13 Å². The maximum Gasteiger partial charge on any atom is 0.185 e. The van der Waals surface area contributed by atoms with Gasteiger partial charge in [0.25, 0.3) is 0 Å². The van der Waals surface area contributed by atoms with Gasteiger partial charge in [0, 0.05) is 17.3 Å². The van der Waals surface area contributed by atoms with Gasteiger partial charge in [-0.05, 0) is 69.4 Å². The summed E-state index contributed by atoms with van der Waals surface area (Å²) in [5, 5.41) is 0. The Kier molecular flexibility index (Phi) is 5.56. The molecule has 152 valence electrons. The van der Waals surface area contributed by atoms with E-state index in [0.717, 1.165) is 43.2 Å². The average Bonchev–Trinajstić information content (AvgIpc) is 3.00. The molecule has 4 rings (SSSR count). The van der Waals surface area contributed by atoms with Crippen LogP contribution in [0.5, 0.6) is 0 Å². The molecule has 1 fully saturated rings. The molecule has 0 unspecified atom stereocenters. The monoisotopic (exact) mass is 409 g/mol. The minimum atomic E-state index is 0.114. The Morgan fingerprint density at radius 2 is 1.66 bits per heavy atom. The van der Waals surface area contributed by atoms with Gasteiger partial charge in [-0.1, -0.05) is 12.1 Å². The number of carbonyl (C=O) groups is 1. The molecule has 0 bridgehead atoms. The van der Waals surface area contributed by atoms with Crippen LogP contribution in [-0.4, -0.2) is 41.1 Å². The van der Waals surface area contributed by atoms with E-state index in [1.54, 1.807) is 11.8 Å². The van der Waals surface area contributed by atoms with Crippen LogP contribution in [0.1, 0.15) is 37.2 Å². The number of rotatable bonds is 5. The predicted octanol–water partition coefficient (Wildman–Crippen LogP) is 3.32. The number of hydrogen-bond donors (Lipinski definition) is 1. The second kappa shape index (κ2) is 8.13. The number of carbonyl (C=O) groups excluding carboxylic acids is 1. The molecule has 5 nitrogen and oxygen atoms in total. The highest BCUT2D eigenvalue weighted by atomic mass is 32.1. The summed E-state index contributed by atoms with van der Waals surface area (Å²) in [5.41, 5.74) is 4.41. The molecule has 1 N–H and O–H groups in total. The van der Waals surface area contributed by atoms with Gasteiger partial charge in [0.05, 0.1) is 37.2 Å². The van der Waals surface area contributed by atoms with Crippen molar-refractivity contribution in [1.29, 1.82) is 0 Å². The highest BCUT2D eigenvalue weighted by Gasteiger charge is 2.22. The van der Waals surface area contributed by atoms with Gasteiger partial charge < -0.3 is 14.4 Å². The fourth-order valence-electron chi connectivity index (χ4n) is 4.25. The number of Topliss-reactive ketones (excluding diaryl/α,β-unsaturated/α-hetero) is 1. The zero-order valence-electron chi connectivity index (χ0n) is 17.4. The Bertz CT molecular complexity index is 1070. The number of benzene rings is 2. The molecule has 0 amide bonds. The molecule has 0 spiro atoms. The summed E-state index contributed by atoms with van der Waals surface area (Å²) in [6.07, 6.45) is 0. The van der Waals surface area contributed by atoms with Crippen molar-refractivity contribution in [2.45, 2.75) is 33.5 Å². The van der Waals surface area contributed by atoms with Crippen LogP contribution in [0.25, 0.3) is 11.0 Å². The number of piperazine rings is 1. The van der Waals surface area contributed by atoms with Gasteiger partial charge >= 0.3 is 0 Å². The van der Waals surface area contributed by atoms with Crippen LogP contribution in [0.3, 0.4) is 0 Å². The molecule has 1 aromatic heterocycles. The number of hydrogen-bond acceptors (Lipinski definition) is 3. The number of nitrogens with one attached hydrogen (secondary N) is 1. The van der Waals surface area contributed by atoms with E-state index >= 15 is 0 Å². The lowest BCUT2D eigenvalue weighted by atomic mass is 10.1. The third-order valence-electron chi connectivity index (χ3n) is 5.88. The summed E-state index contributed by atoms with van der Waals surface area (Å²) in [6, 6.07) is 16.9. The van der Waals surface area contributed by atoms with E-state index in [-0.39, 0.29) is 5.78 Å². The average molecular weight is 410 g/mol. The lowest BCUT2D eigenvalue weighted by molar-refractivity contribution is -0.923. The van der Waals surface area contributed by atoms with Gasteiger partial charge in [-0.15, -0.1) is 0 Å². The van der Waals surface area contributed by atoms with Crippen LogP contribution in [0.4, 0.5) is 5.69 Å². The van der Waals surface area contributed by atoms with Gasteiger partial charge in [0.15, 0.2) is 17.2 Å². The number of fused-ring (bicyclic) bond motifs is 1. The molecule has 1 aliphatic rings. The first-order chi connectivity index (χ1) is 14.0. The molecule has 0 saturated carbocycles. The Labute approximate surface area is 177 Å². The topological polar surface area (TPSA) is 34.6 Å². The molecule has 1 aliphatic heterocycles. The summed E-state index contributed by atoms with van der Waals surface area (Å²) in [6.45, 7) is 11.0. The van der Waals surface area contributed by atoms with E-state index in [0.29, 0.717) is 6.04 Å². The Morgan fingerprint density at radius 3 is 2.24 bits per heavy atom. The predicted molar refractivity (Wildman–Crippen MR) is 121 cm³/mol. The first-order valence-electron chi connectivity index (χ1n) is 10.3. The lowest BCUT2D eigenvalue weighted by Gasteiger charge is -2.33. The second-order valence-corrected chi connectivity index (χ2v) is 8.53. The van der Waals surface area contributed by atoms with Crippen LogP contribution in [0.15, 0.2) is 48.5 Å². The molecule has 0 aliphatic carbocycles.